The molecule has 0 radical (unpaired) electrons. The van der Waals surface area contributed by atoms with Gasteiger partial charge in [-0.15, -0.1) is 0 Å². The summed E-state index contributed by atoms with van der Waals surface area (Å²) in [5.74, 6) is 7.76. The molecule has 0 spiro atoms. The van der Waals surface area contributed by atoms with Gasteiger partial charge in [0.1, 0.15) is 11.6 Å². The fraction of sp³-hybridized carbons (Fsp3) is 0.267. The van der Waals surface area contributed by atoms with Crippen LogP contribution in [0.4, 0.5) is 5.82 Å². The second kappa shape index (κ2) is 5.49. The van der Waals surface area contributed by atoms with Crippen molar-refractivity contribution in [2.24, 2.45) is 5.84 Å². The molecule has 0 saturated carbocycles. The van der Waals surface area contributed by atoms with Crippen LogP contribution in [0.25, 0.3) is 16.7 Å². The molecule has 3 N–H and O–H groups in total. The molecule has 0 fully saturated rings. The largest absolute Gasteiger partial charge is 0.308 e. The Kier molecular flexibility index (Phi) is 3.53. The molecular formula is C15H18N6. The molecule has 0 bridgehead atoms. The van der Waals surface area contributed by atoms with Gasteiger partial charge in [-0.2, -0.15) is 5.10 Å². The van der Waals surface area contributed by atoms with E-state index >= 15 is 0 Å². The lowest BCUT2D eigenvalue weighted by atomic mass is 10.2. The number of aryl methyl sites for hydroxylation is 1. The van der Waals surface area contributed by atoms with Crippen LogP contribution in [0.2, 0.25) is 0 Å². The molecule has 0 amide bonds. The molecule has 6 heteroatoms. The van der Waals surface area contributed by atoms with E-state index in [1.54, 1.807) is 0 Å². The Morgan fingerprint density at radius 2 is 2.05 bits per heavy atom. The maximum atomic E-state index is 5.58. The van der Waals surface area contributed by atoms with Crippen molar-refractivity contribution in [1.29, 1.82) is 0 Å². The zero-order valence-electron chi connectivity index (χ0n) is 12.2. The highest BCUT2D eigenvalue weighted by molar-refractivity contribution is 5.80. The van der Waals surface area contributed by atoms with E-state index in [4.69, 9.17) is 5.84 Å². The van der Waals surface area contributed by atoms with Crippen LogP contribution in [0, 0.1) is 6.92 Å². The number of hydrogen-bond acceptors (Lipinski definition) is 5. The molecule has 2 aromatic heterocycles. The van der Waals surface area contributed by atoms with Gasteiger partial charge in [-0.05, 0) is 19.4 Å². The highest BCUT2D eigenvalue weighted by Gasteiger charge is 2.14. The van der Waals surface area contributed by atoms with E-state index in [0.29, 0.717) is 5.82 Å². The number of nitrogens with zero attached hydrogens (tertiary/aromatic N) is 4. The standard InChI is InChI=1S/C15H18N6/c1-3-6-13-18-14(20-16)10(2)15(19-13)21-12-8-5-4-7-11(12)9-17-21/h4-5,7-9H,3,6,16H2,1-2H3,(H,18,19,20). The predicted molar refractivity (Wildman–Crippen MR) is 83.2 cm³/mol. The third-order valence-corrected chi connectivity index (χ3v) is 3.45. The molecule has 0 aliphatic heterocycles. The summed E-state index contributed by atoms with van der Waals surface area (Å²) < 4.78 is 1.84. The zero-order chi connectivity index (χ0) is 14.8. The van der Waals surface area contributed by atoms with Gasteiger partial charge in [0.05, 0.1) is 11.7 Å². The maximum absolute atomic E-state index is 5.58. The third kappa shape index (κ3) is 2.34. The summed E-state index contributed by atoms with van der Waals surface area (Å²) >= 11 is 0. The minimum atomic E-state index is 0.642. The summed E-state index contributed by atoms with van der Waals surface area (Å²) in [5.41, 5.74) is 4.55. The molecule has 0 saturated heterocycles. The normalized spacial score (nSPS) is 11.0. The first kappa shape index (κ1) is 13.5. The predicted octanol–water partition coefficient (Wildman–Crippen LogP) is 2.36. The summed E-state index contributed by atoms with van der Waals surface area (Å²) in [4.78, 5) is 9.10. The van der Waals surface area contributed by atoms with Crippen LogP contribution in [0.5, 0.6) is 0 Å². The first-order valence-electron chi connectivity index (χ1n) is 7.02. The first-order chi connectivity index (χ1) is 10.2. The number of nitrogens with two attached hydrogens (primary N) is 1. The van der Waals surface area contributed by atoms with E-state index in [1.807, 2.05) is 42.1 Å². The number of benzene rings is 1. The van der Waals surface area contributed by atoms with Crippen molar-refractivity contribution in [3.63, 3.8) is 0 Å². The van der Waals surface area contributed by atoms with Crippen molar-refractivity contribution < 1.29 is 0 Å². The van der Waals surface area contributed by atoms with Gasteiger partial charge in [-0.25, -0.2) is 20.5 Å². The minimum Gasteiger partial charge on any atom is -0.308 e. The molecule has 2 heterocycles. The van der Waals surface area contributed by atoms with Gasteiger partial charge >= 0.3 is 0 Å². The Bertz CT molecular complexity index is 777. The SMILES string of the molecule is CCCc1nc(NN)c(C)c(-n2ncc3ccccc32)n1. The number of aromatic nitrogens is 4. The Hall–Kier alpha value is -2.47. The van der Waals surface area contributed by atoms with E-state index in [9.17, 15) is 0 Å². The van der Waals surface area contributed by atoms with E-state index in [-0.39, 0.29) is 0 Å². The zero-order valence-corrected chi connectivity index (χ0v) is 12.2. The smallest absolute Gasteiger partial charge is 0.162 e. The number of hydrogen-bond donors (Lipinski definition) is 2. The van der Waals surface area contributed by atoms with Crippen LogP contribution in [0.3, 0.4) is 0 Å². The number of hydrazine groups is 1. The molecule has 6 nitrogen and oxygen atoms in total. The molecule has 1 aromatic carbocycles. The van der Waals surface area contributed by atoms with Crippen molar-refractivity contribution in [2.75, 3.05) is 5.43 Å². The van der Waals surface area contributed by atoms with Crippen LogP contribution in [0.15, 0.2) is 30.5 Å². The molecule has 0 aliphatic carbocycles. The fourth-order valence-electron chi connectivity index (χ4n) is 2.37. The molecular weight excluding hydrogens is 264 g/mol. The lowest BCUT2D eigenvalue weighted by Crippen LogP contribution is -2.15. The average Bonchev–Trinajstić information content (AvgIpc) is 2.93. The molecule has 3 rings (SSSR count). The monoisotopic (exact) mass is 282 g/mol. The lowest BCUT2D eigenvalue weighted by molar-refractivity contribution is 0.789. The lowest BCUT2D eigenvalue weighted by Gasteiger charge is -2.12. The summed E-state index contributed by atoms with van der Waals surface area (Å²) in [6.07, 6.45) is 3.62. The van der Waals surface area contributed by atoms with E-state index in [2.05, 4.69) is 27.4 Å². The number of anilines is 1. The number of nitrogens with one attached hydrogen (secondary N) is 1. The molecule has 0 unspecified atom stereocenters. The van der Waals surface area contributed by atoms with Crippen LogP contribution >= 0.6 is 0 Å². The quantitative estimate of drug-likeness (QED) is 0.567. The van der Waals surface area contributed by atoms with Gasteiger partial charge in [-0.3, -0.25) is 0 Å². The minimum absolute atomic E-state index is 0.642. The van der Waals surface area contributed by atoms with Crippen molar-refractivity contribution >= 4 is 16.7 Å². The van der Waals surface area contributed by atoms with Gasteiger partial charge in [0, 0.05) is 17.4 Å². The second-order valence-electron chi connectivity index (χ2n) is 4.95. The van der Waals surface area contributed by atoms with Crippen LogP contribution < -0.4 is 11.3 Å². The maximum Gasteiger partial charge on any atom is 0.162 e. The summed E-state index contributed by atoms with van der Waals surface area (Å²) in [6, 6.07) is 8.05. The summed E-state index contributed by atoms with van der Waals surface area (Å²) in [6.45, 7) is 4.04. The molecule has 0 aliphatic rings. The first-order valence-corrected chi connectivity index (χ1v) is 7.02. The summed E-state index contributed by atoms with van der Waals surface area (Å²) in [7, 11) is 0. The van der Waals surface area contributed by atoms with Crippen molar-refractivity contribution in [2.45, 2.75) is 26.7 Å². The average molecular weight is 282 g/mol. The molecule has 0 atom stereocenters. The van der Waals surface area contributed by atoms with Gasteiger partial charge in [0.25, 0.3) is 0 Å². The van der Waals surface area contributed by atoms with E-state index in [1.165, 1.54) is 0 Å². The second-order valence-corrected chi connectivity index (χ2v) is 4.95. The number of rotatable bonds is 4. The molecule has 108 valence electrons. The highest BCUT2D eigenvalue weighted by atomic mass is 15.3. The number of nitrogen functional groups attached to an aromatic ring is 1. The van der Waals surface area contributed by atoms with Gasteiger partial charge < -0.3 is 5.43 Å². The van der Waals surface area contributed by atoms with E-state index < -0.39 is 0 Å². The van der Waals surface area contributed by atoms with Crippen LogP contribution in [-0.2, 0) is 6.42 Å². The Morgan fingerprint density at radius 1 is 1.24 bits per heavy atom. The third-order valence-electron chi connectivity index (χ3n) is 3.45. The highest BCUT2D eigenvalue weighted by Crippen LogP contribution is 2.22. The Morgan fingerprint density at radius 3 is 2.81 bits per heavy atom. The van der Waals surface area contributed by atoms with Crippen LogP contribution in [0.1, 0.15) is 24.7 Å². The van der Waals surface area contributed by atoms with Crippen molar-refractivity contribution in [1.82, 2.24) is 19.7 Å². The van der Waals surface area contributed by atoms with Crippen molar-refractivity contribution in [3.05, 3.63) is 41.9 Å². The van der Waals surface area contributed by atoms with Crippen LogP contribution in [-0.4, -0.2) is 19.7 Å². The van der Waals surface area contributed by atoms with Crippen molar-refractivity contribution in [3.8, 4) is 5.82 Å². The fourth-order valence-corrected chi connectivity index (χ4v) is 2.37. The Balaban J connectivity index is 2.23. The van der Waals surface area contributed by atoms with Gasteiger partial charge in [-0.1, -0.05) is 25.1 Å². The molecule has 3 aromatic rings. The molecule has 21 heavy (non-hydrogen) atoms. The topological polar surface area (TPSA) is 81.6 Å². The number of para-hydroxylation sites is 1. The van der Waals surface area contributed by atoms with E-state index in [0.717, 1.165) is 41.0 Å². The Labute approximate surface area is 123 Å². The summed E-state index contributed by atoms with van der Waals surface area (Å²) in [5, 5.41) is 5.54. The number of fused-ring (bicyclic) bond motifs is 1. The van der Waals surface area contributed by atoms with Gasteiger partial charge in [0.15, 0.2) is 5.82 Å². The van der Waals surface area contributed by atoms with Gasteiger partial charge in [0.2, 0.25) is 0 Å².